The van der Waals surface area contributed by atoms with Crippen LogP contribution < -0.4 is 5.32 Å². The molecule has 0 unspecified atom stereocenters. The van der Waals surface area contributed by atoms with E-state index in [1.54, 1.807) is 0 Å². The Morgan fingerprint density at radius 2 is 2.00 bits per heavy atom. The Hall–Kier alpha value is -0.0300. The molecule has 2 atom stereocenters. The van der Waals surface area contributed by atoms with Gasteiger partial charge in [0.1, 0.15) is 4.33 Å². The van der Waals surface area contributed by atoms with Crippen LogP contribution in [0.4, 0.5) is 0 Å². The van der Waals surface area contributed by atoms with E-state index in [1.807, 2.05) is 13.8 Å². The number of alkyl halides is 2. The molecule has 1 N–H and O–H groups in total. The van der Waals surface area contributed by atoms with E-state index >= 15 is 0 Å². The number of halogens is 2. The summed E-state index contributed by atoms with van der Waals surface area (Å²) in [7, 11) is 0. The van der Waals surface area contributed by atoms with E-state index in [-0.39, 0.29) is 11.9 Å². The first-order valence-corrected chi connectivity index (χ1v) is 7.10. The number of nitrogens with zero attached hydrogens (tertiary/aromatic N) is 1. The van der Waals surface area contributed by atoms with E-state index in [4.69, 9.17) is 27.9 Å². The van der Waals surface area contributed by atoms with Gasteiger partial charge in [-0.15, -0.1) is 23.2 Å². The summed E-state index contributed by atoms with van der Waals surface area (Å²) in [6, 6.07) is 0.0946. The van der Waals surface area contributed by atoms with Crippen LogP contribution in [0.5, 0.6) is 0 Å². The van der Waals surface area contributed by atoms with Crippen LogP contribution in [0.25, 0.3) is 0 Å². The maximum Gasteiger partial charge on any atom is 0.229 e. The number of hydrogen-bond acceptors (Lipinski definition) is 3. The molecule has 4 nitrogen and oxygen atoms in total. The highest BCUT2D eigenvalue weighted by Gasteiger charge is 2.67. The Bertz CT molecular complexity index is 332. The molecule has 6 heteroatoms. The fourth-order valence-electron chi connectivity index (χ4n) is 2.25. The van der Waals surface area contributed by atoms with Gasteiger partial charge in [0.05, 0.1) is 18.6 Å². The lowest BCUT2D eigenvalue weighted by Gasteiger charge is -2.29. The first-order valence-electron chi connectivity index (χ1n) is 6.34. The summed E-state index contributed by atoms with van der Waals surface area (Å²) in [5, 5.41) is 2.99. The molecule has 0 bridgehead atoms. The molecule has 104 valence electrons. The average Bonchev–Trinajstić information content (AvgIpc) is 2.80. The lowest BCUT2D eigenvalue weighted by Crippen LogP contribution is -2.47. The van der Waals surface area contributed by atoms with Crippen LogP contribution in [0.2, 0.25) is 0 Å². The lowest BCUT2D eigenvalue weighted by molar-refractivity contribution is -0.126. The quantitative estimate of drug-likeness (QED) is 0.797. The molecule has 2 rings (SSSR count). The third-order valence-electron chi connectivity index (χ3n) is 3.77. The predicted molar refractivity (Wildman–Crippen MR) is 72.0 cm³/mol. The maximum atomic E-state index is 12.1. The van der Waals surface area contributed by atoms with Gasteiger partial charge in [0.2, 0.25) is 5.91 Å². The van der Waals surface area contributed by atoms with Crippen molar-refractivity contribution in [2.75, 3.05) is 32.8 Å². The molecule has 0 aromatic rings. The fourth-order valence-corrected chi connectivity index (χ4v) is 2.95. The topological polar surface area (TPSA) is 41.6 Å². The zero-order valence-corrected chi connectivity index (χ0v) is 12.4. The van der Waals surface area contributed by atoms with Crippen molar-refractivity contribution in [2.45, 2.75) is 30.6 Å². The van der Waals surface area contributed by atoms with Gasteiger partial charge >= 0.3 is 0 Å². The number of carbonyl (C=O) groups is 1. The number of amides is 1. The van der Waals surface area contributed by atoms with Crippen molar-refractivity contribution in [1.82, 2.24) is 10.2 Å². The monoisotopic (exact) mass is 294 g/mol. The molecule has 1 aliphatic heterocycles. The summed E-state index contributed by atoms with van der Waals surface area (Å²) in [6.07, 6.45) is 0.527. The largest absolute Gasteiger partial charge is 0.379 e. The molecule has 0 spiro atoms. The van der Waals surface area contributed by atoms with Crippen molar-refractivity contribution in [1.29, 1.82) is 0 Å². The zero-order chi connectivity index (χ0) is 13.4. The second-order valence-corrected chi connectivity index (χ2v) is 6.98. The van der Waals surface area contributed by atoms with Gasteiger partial charge in [0.25, 0.3) is 0 Å². The van der Waals surface area contributed by atoms with Gasteiger partial charge in [-0.3, -0.25) is 9.69 Å². The van der Waals surface area contributed by atoms with Crippen LogP contribution in [0.1, 0.15) is 20.3 Å². The minimum atomic E-state index is -0.893. The normalized spacial score (nSPS) is 32.9. The van der Waals surface area contributed by atoms with Crippen molar-refractivity contribution >= 4 is 29.1 Å². The predicted octanol–water partition coefficient (Wildman–Crippen LogP) is 1.41. The molecule has 1 heterocycles. The Morgan fingerprint density at radius 3 is 2.50 bits per heavy atom. The molecule has 1 saturated carbocycles. The second kappa shape index (κ2) is 5.16. The lowest BCUT2D eigenvalue weighted by atomic mass is 10.1. The summed E-state index contributed by atoms with van der Waals surface area (Å²) in [5.41, 5.74) is -0.630. The summed E-state index contributed by atoms with van der Waals surface area (Å²) in [5.74, 6) is -0.0479. The Kier molecular flexibility index (Phi) is 4.12. The van der Waals surface area contributed by atoms with Gasteiger partial charge in [-0.25, -0.2) is 0 Å². The van der Waals surface area contributed by atoms with Crippen molar-refractivity contribution < 1.29 is 9.53 Å². The molecular formula is C12H20Cl2N2O2. The molecule has 1 saturated heterocycles. The highest BCUT2D eigenvalue weighted by Crippen LogP contribution is 2.63. The smallest absolute Gasteiger partial charge is 0.229 e. The molecule has 0 aromatic heterocycles. The molecule has 2 aliphatic rings. The standard InChI is InChI=1S/C12H20Cl2N2O2/c1-9(7-16-3-5-18-6-4-16)15-10(17)11(2)8-12(11,13)14/h9H,3-8H2,1-2H3,(H,15,17)/t9-,11-/m0/s1. The van der Waals surface area contributed by atoms with Crippen molar-refractivity contribution in [3.63, 3.8) is 0 Å². The van der Waals surface area contributed by atoms with Crippen LogP contribution >= 0.6 is 23.2 Å². The van der Waals surface area contributed by atoms with Crippen molar-refractivity contribution in [3.8, 4) is 0 Å². The number of nitrogens with one attached hydrogen (secondary N) is 1. The third kappa shape index (κ3) is 2.93. The molecule has 0 aromatic carbocycles. The average molecular weight is 295 g/mol. The van der Waals surface area contributed by atoms with Crippen LogP contribution in [-0.4, -0.2) is 54.0 Å². The minimum absolute atomic E-state index is 0.0479. The van der Waals surface area contributed by atoms with Gasteiger partial charge in [-0.05, 0) is 20.3 Å². The van der Waals surface area contributed by atoms with E-state index in [0.717, 1.165) is 32.8 Å². The summed E-state index contributed by atoms with van der Waals surface area (Å²) < 4.78 is 4.40. The van der Waals surface area contributed by atoms with Crippen LogP contribution in [-0.2, 0) is 9.53 Å². The zero-order valence-electron chi connectivity index (χ0n) is 10.8. The van der Waals surface area contributed by atoms with Gasteiger partial charge in [-0.1, -0.05) is 0 Å². The van der Waals surface area contributed by atoms with E-state index in [9.17, 15) is 4.79 Å². The molecule has 1 aliphatic carbocycles. The number of rotatable bonds is 4. The molecule has 2 fully saturated rings. The summed E-state index contributed by atoms with van der Waals surface area (Å²) in [6.45, 7) is 8.03. The SMILES string of the molecule is C[C@@H](CN1CCOCC1)NC(=O)[C@]1(C)CC1(Cl)Cl. The number of morpholine rings is 1. The minimum Gasteiger partial charge on any atom is -0.379 e. The van der Waals surface area contributed by atoms with E-state index in [2.05, 4.69) is 10.2 Å². The van der Waals surface area contributed by atoms with Gasteiger partial charge < -0.3 is 10.1 Å². The number of carbonyl (C=O) groups excluding carboxylic acids is 1. The first-order chi connectivity index (χ1) is 8.35. The van der Waals surface area contributed by atoms with E-state index < -0.39 is 9.75 Å². The van der Waals surface area contributed by atoms with Gasteiger partial charge in [-0.2, -0.15) is 0 Å². The number of ether oxygens (including phenoxy) is 1. The van der Waals surface area contributed by atoms with Gasteiger partial charge in [0.15, 0.2) is 0 Å². The first kappa shape index (κ1) is 14.4. The second-order valence-electron chi connectivity index (χ2n) is 5.50. The highest BCUT2D eigenvalue weighted by molar-refractivity contribution is 6.53. The Labute approximate surface area is 118 Å². The number of hydrogen-bond donors (Lipinski definition) is 1. The molecule has 0 radical (unpaired) electrons. The summed E-state index contributed by atoms with van der Waals surface area (Å²) in [4.78, 5) is 14.4. The third-order valence-corrected chi connectivity index (χ3v) is 4.87. The molecular weight excluding hydrogens is 275 g/mol. The Morgan fingerprint density at radius 1 is 1.44 bits per heavy atom. The maximum absolute atomic E-state index is 12.1. The van der Waals surface area contributed by atoms with Crippen LogP contribution in [0, 0.1) is 5.41 Å². The van der Waals surface area contributed by atoms with Crippen molar-refractivity contribution in [2.24, 2.45) is 5.41 Å². The van der Waals surface area contributed by atoms with Crippen LogP contribution in [0.15, 0.2) is 0 Å². The van der Waals surface area contributed by atoms with Crippen molar-refractivity contribution in [3.05, 3.63) is 0 Å². The molecule has 18 heavy (non-hydrogen) atoms. The fraction of sp³-hybridized carbons (Fsp3) is 0.917. The highest BCUT2D eigenvalue weighted by atomic mass is 35.5. The van der Waals surface area contributed by atoms with E-state index in [1.165, 1.54) is 0 Å². The summed E-state index contributed by atoms with van der Waals surface area (Å²) >= 11 is 12.0. The van der Waals surface area contributed by atoms with Crippen LogP contribution in [0.3, 0.4) is 0 Å². The molecule has 1 amide bonds. The van der Waals surface area contributed by atoms with E-state index in [0.29, 0.717) is 6.42 Å². The Balaban J connectivity index is 1.77. The van der Waals surface area contributed by atoms with Gasteiger partial charge in [0, 0.05) is 25.7 Å².